The molecule has 0 atom stereocenters. The van der Waals surface area contributed by atoms with E-state index in [1.165, 1.54) is 18.9 Å². The number of methoxy groups -OCH3 is 1. The van der Waals surface area contributed by atoms with E-state index in [2.05, 4.69) is 15.0 Å². The summed E-state index contributed by atoms with van der Waals surface area (Å²) in [6.07, 6.45) is 1.62. The van der Waals surface area contributed by atoms with E-state index in [4.69, 9.17) is 0 Å². The number of esters is 1. The van der Waals surface area contributed by atoms with Gasteiger partial charge < -0.3 is 10.1 Å². The Bertz CT molecular complexity index is 449. The van der Waals surface area contributed by atoms with Gasteiger partial charge in [0.25, 0.3) is 0 Å². The summed E-state index contributed by atoms with van der Waals surface area (Å²) in [5, 5.41) is 2.81. The lowest BCUT2D eigenvalue weighted by Crippen LogP contribution is -2.31. The van der Waals surface area contributed by atoms with Crippen molar-refractivity contribution in [2.24, 2.45) is 0 Å². The number of aromatic nitrogens is 1. The molecule has 1 aromatic heterocycles. The summed E-state index contributed by atoms with van der Waals surface area (Å²) in [7, 11) is 1.34. The Morgan fingerprint density at radius 3 is 2.84 bits per heavy atom. The number of amides is 1. The number of carbonyl (C=O) groups is 2. The Morgan fingerprint density at radius 2 is 2.21 bits per heavy atom. The highest BCUT2D eigenvalue weighted by atomic mass is 32.2. The monoisotopic (exact) mass is 282 g/mol. The highest BCUT2D eigenvalue weighted by molar-refractivity contribution is 7.99. The van der Waals surface area contributed by atoms with Crippen LogP contribution in [0.1, 0.15) is 29.9 Å². The highest BCUT2D eigenvalue weighted by Crippen LogP contribution is 2.15. The van der Waals surface area contributed by atoms with E-state index >= 15 is 0 Å². The average Bonchev–Trinajstić information content (AvgIpc) is 2.37. The molecule has 1 heterocycles. The Morgan fingerprint density at radius 1 is 1.47 bits per heavy atom. The Hall–Kier alpha value is -1.56. The molecule has 5 nitrogen and oxygen atoms in total. The molecule has 0 aliphatic carbocycles. The summed E-state index contributed by atoms with van der Waals surface area (Å²) in [6, 6.07) is 3.49. The van der Waals surface area contributed by atoms with Gasteiger partial charge in [0.05, 0.1) is 24.1 Å². The molecule has 0 saturated heterocycles. The van der Waals surface area contributed by atoms with E-state index in [-0.39, 0.29) is 11.9 Å². The zero-order chi connectivity index (χ0) is 14.3. The van der Waals surface area contributed by atoms with Gasteiger partial charge in [0.15, 0.2) is 0 Å². The fraction of sp³-hybridized carbons (Fsp3) is 0.462. The molecule has 1 aromatic rings. The molecule has 0 aliphatic rings. The molecule has 0 aliphatic heterocycles. The van der Waals surface area contributed by atoms with Crippen LogP contribution in [0.5, 0.6) is 0 Å². The third-order valence-electron chi connectivity index (χ3n) is 2.22. The van der Waals surface area contributed by atoms with Crippen LogP contribution < -0.4 is 5.32 Å². The van der Waals surface area contributed by atoms with Crippen molar-refractivity contribution in [3.63, 3.8) is 0 Å². The number of ether oxygens (including phenoxy) is 1. The largest absolute Gasteiger partial charge is 0.465 e. The van der Waals surface area contributed by atoms with E-state index < -0.39 is 5.97 Å². The fourth-order valence-electron chi connectivity index (χ4n) is 1.45. The smallest absolute Gasteiger partial charge is 0.339 e. The standard InChI is InChI=1S/C13H18N2O3S/c1-9(2)15-12(16)8-19-7-11-10(13(17)18-3)5-4-6-14-11/h4-6,9H,7-8H2,1-3H3,(H,15,16). The Kier molecular flexibility index (Phi) is 6.35. The van der Waals surface area contributed by atoms with Crippen LogP contribution in [-0.2, 0) is 15.3 Å². The van der Waals surface area contributed by atoms with Gasteiger partial charge in [-0.25, -0.2) is 4.79 Å². The second-order valence-electron chi connectivity index (χ2n) is 4.20. The number of thioether (sulfide) groups is 1. The molecule has 1 rings (SSSR count). The molecular formula is C13H18N2O3S. The van der Waals surface area contributed by atoms with Crippen LogP contribution >= 0.6 is 11.8 Å². The Labute approximate surface area is 117 Å². The van der Waals surface area contributed by atoms with Gasteiger partial charge in [0.1, 0.15) is 0 Å². The van der Waals surface area contributed by atoms with Gasteiger partial charge >= 0.3 is 5.97 Å². The minimum Gasteiger partial charge on any atom is -0.465 e. The lowest BCUT2D eigenvalue weighted by atomic mass is 10.2. The van der Waals surface area contributed by atoms with Gasteiger partial charge in [-0.05, 0) is 26.0 Å². The lowest BCUT2D eigenvalue weighted by Gasteiger charge is -2.09. The van der Waals surface area contributed by atoms with Crippen molar-refractivity contribution in [3.8, 4) is 0 Å². The fourth-order valence-corrected chi connectivity index (χ4v) is 2.25. The van der Waals surface area contributed by atoms with Crippen LogP contribution in [0.2, 0.25) is 0 Å². The predicted molar refractivity (Wildman–Crippen MR) is 75.0 cm³/mol. The third-order valence-corrected chi connectivity index (χ3v) is 3.16. The van der Waals surface area contributed by atoms with E-state index in [1.807, 2.05) is 13.8 Å². The van der Waals surface area contributed by atoms with Crippen LogP contribution in [0, 0.1) is 0 Å². The van der Waals surface area contributed by atoms with Gasteiger partial charge in [-0.2, -0.15) is 0 Å². The molecule has 19 heavy (non-hydrogen) atoms. The summed E-state index contributed by atoms with van der Waals surface area (Å²) in [4.78, 5) is 27.2. The quantitative estimate of drug-likeness (QED) is 0.803. The summed E-state index contributed by atoms with van der Waals surface area (Å²) in [6.45, 7) is 3.83. The number of carbonyl (C=O) groups excluding carboxylic acids is 2. The van der Waals surface area contributed by atoms with Crippen LogP contribution in [0.25, 0.3) is 0 Å². The maximum absolute atomic E-state index is 11.5. The van der Waals surface area contributed by atoms with Crippen molar-refractivity contribution in [3.05, 3.63) is 29.6 Å². The molecule has 104 valence electrons. The van der Waals surface area contributed by atoms with E-state index in [0.29, 0.717) is 22.8 Å². The summed E-state index contributed by atoms with van der Waals surface area (Å²) >= 11 is 1.42. The summed E-state index contributed by atoms with van der Waals surface area (Å²) in [5.41, 5.74) is 1.08. The van der Waals surface area contributed by atoms with Crippen molar-refractivity contribution < 1.29 is 14.3 Å². The Balaban J connectivity index is 2.54. The first-order chi connectivity index (χ1) is 9.04. The molecule has 0 unspecified atom stereocenters. The van der Waals surface area contributed by atoms with Crippen molar-refractivity contribution in [2.75, 3.05) is 12.9 Å². The first-order valence-electron chi connectivity index (χ1n) is 5.94. The van der Waals surface area contributed by atoms with Crippen molar-refractivity contribution >= 4 is 23.6 Å². The van der Waals surface area contributed by atoms with Gasteiger partial charge in [-0.1, -0.05) is 0 Å². The molecule has 1 amide bonds. The zero-order valence-electron chi connectivity index (χ0n) is 11.3. The van der Waals surface area contributed by atoms with Gasteiger partial charge in [0, 0.05) is 18.0 Å². The highest BCUT2D eigenvalue weighted by Gasteiger charge is 2.12. The molecule has 0 fully saturated rings. The van der Waals surface area contributed by atoms with Gasteiger partial charge in [-0.15, -0.1) is 11.8 Å². The topological polar surface area (TPSA) is 68.3 Å². The van der Waals surface area contributed by atoms with Crippen molar-refractivity contribution in [2.45, 2.75) is 25.6 Å². The van der Waals surface area contributed by atoms with Crippen molar-refractivity contribution in [1.29, 1.82) is 0 Å². The number of rotatable bonds is 6. The van der Waals surface area contributed by atoms with Crippen molar-refractivity contribution in [1.82, 2.24) is 10.3 Å². The second-order valence-corrected chi connectivity index (χ2v) is 5.19. The first-order valence-corrected chi connectivity index (χ1v) is 7.09. The molecule has 0 bridgehead atoms. The number of hydrogen-bond acceptors (Lipinski definition) is 5. The SMILES string of the molecule is COC(=O)c1cccnc1CSCC(=O)NC(C)C. The third kappa shape index (κ3) is 5.30. The normalized spacial score (nSPS) is 10.3. The molecular weight excluding hydrogens is 264 g/mol. The minimum atomic E-state index is -0.407. The van der Waals surface area contributed by atoms with E-state index in [9.17, 15) is 9.59 Å². The maximum atomic E-state index is 11.5. The first kappa shape index (κ1) is 15.5. The molecule has 0 saturated carbocycles. The molecule has 1 N–H and O–H groups in total. The molecule has 0 aromatic carbocycles. The summed E-state index contributed by atoms with van der Waals surface area (Å²) in [5.74, 6) is 0.414. The van der Waals surface area contributed by atoms with E-state index in [0.717, 1.165) is 0 Å². The van der Waals surface area contributed by atoms with E-state index in [1.54, 1.807) is 18.3 Å². The number of hydrogen-bond donors (Lipinski definition) is 1. The predicted octanol–water partition coefficient (Wildman–Crippen LogP) is 1.63. The molecule has 0 spiro atoms. The molecule has 0 radical (unpaired) electrons. The lowest BCUT2D eigenvalue weighted by molar-refractivity contribution is -0.119. The van der Waals surface area contributed by atoms with Crippen LogP contribution in [0.15, 0.2) is 18.3 Å². The van der Waals surface area contributed by atoms with Crippen LogP contribution in [0.3, 0.4) is 0 Å². The number of nitrogens with zero attached hydrogens (tertiary/aromatic N) is 1. The summed E-state index contributed by atoms with van der Waals surface area (Å²) < 4.78 is 4.69. The number of pyridine rings is 1. The van der Waals surface area contributed by atoms with Crippen LogP contribution in [-0.4, -0.2) is 35.8 Å². The number of nitrogens with one attached hydrogen (secondary N) is 1. The minimum absolute atomic E-state index is 0.0180. The zero-order valence-corrected chi connectivity index (χ0v) is 12.1. The molecule has 6 heteroatoms. The van der Waals surface area contributed by atoms with Gasteiger partial charge in [0.2, 0.25) is 5.91 Å². The average molecular weight is 282 g/mol. The maximum Gasteiger partial charge on any atom is 0.339 e. The second kappa shape index (κ2) is 7.78. The van der Waals surface area contributed by atoms with Crippen LogP contribution in [0.4, 0.5) is 0 Å². The van der Waals surface area contributed by atoms with Gasteiger partial charge in [-0.3, -0.25) is 9.78 Å².